The molecule has 5 unspecified atom stereocenters. The van der Waals surface area contributed by atoms with Crippen molar-refractivity contribution < 1.29 is 0 Å². The van der Waals surface area contributed by atoms with Gasteiger partial charge in [-0.25, -0.2) is 0 Å². The van der Waals surface area contributed by atoms with Crippen molar-refractivity contribution in [1.82, 2.24) is 0 Å². The Bertz CT molecular complexity index is 324. The molecule has 0 aromatic rings. The highest BCUT2D eigenvalue weighted by Gasteiger charge is 2.69. The molecule has 0 radical (unpaired) electrons. The van der Waals surface area contributed by atoms with Crippen LogP contribution in [-0.4, -0.2) is 21.7 Å². The smallest absolute Gasteiger partial charge is 0.102 e. The molecule has 3 aliphatic heterocycles. The summed E-state index contributed by atoms with van der Waals surface area (Å²) in [5, 5.41) is 0.562. The van der Waals surface area contributed by atoms with Crippen LogP contribution in [-0.2, 0) is 0 Å². The zero-order chi connectivity index (χ0) is 11.1. The lowest BCUT2D eigenvalue weighted by Gasteiger charge is -2.53. The fraction of sp³-hybridized carbons (Fsp3) is 1.00. The van der Waals surface area contributed by atoms with Crippen LogP contribution in [0.3, 0.4) is 0 Å². The second-order valence-corrected chi connectivity index (χ2v) is 14.5. The predicted molar refractivity (Wildman–Crippen MR) is 78.2 cm³/mol. The quantitative estimate of drug-likeness (QED) is 0.588. The zero-order valence-corrected chi connectivity index (χ0v) is 13.3. The number of fused-ring (bicyclic) bond motifs is 2. The van der Waals surface area contributed by atoms with Crippen LogP contribution in [0, 0.1) is 0 Å². The van der Waals surface area contributed by atoms with Gasteiger partial charge in [0.2, 0.25) is 0 Å². The zero-order valence-electron chi connectivity index (χ0n) is 9.30. The minimum atomic E-state index is -0.0966. The first-order valence-corrected chi connectivity index (χ1v) is 8.85. The number of alkyl halides is 1. The van der Waals surface area contributed by atoms with Crippen LogP contribution >= 0.6 is 58.6 Å². The van der Waals surface area contributed by atoms with Crippen molar-refractivity contribution in [3.63, 3.8) is 0 Å². The van der Waals surface area contributed by atoms with E-state index in [1.165, 1.54) is 6.42 Å². The maximum absolute atomic E-state index is 6.75. The predicted octanol–water partition coefficient (Wildman–Crippen LogP) is 4.82. The maximum atomic E-state index is 6.75. The van der Waals surface area contributed by atoms with E-state index in [9.17, 15) is 0 Å². The average Bonchev–Trinajstić information content (AvgIpc) is 2.08. The highest BCUT2D eigenvalue weighted by molar-refractivity contribution is 8.35. The molecule has 3 fully saturated rings. The van der Waals surface area contributed by atoms with Gasteiger partial charge in [0, 0.05) is 0 Å². The second-order valence-electron chi connectivity index (χ2n) is 5.25. The lowest BCUT2D eigenvalue weighted by Crippen LogP contribution is -2.50. The van der Waals surface area contributed by atoms with Gasteiger partial charge in [-0.05, 0) is 34.1 Å². The average molecular weight is 299 g/mol. The van der Waals surface area contributed by atoms with Gasteiger partial charge >= 0.3 is 0 Å². The Morgan fingerprint density at radius 2 is 1.60 bits per heavy atom. The van der Waals surface area contributed by atoms with Crippen molar-refractivity contribution in [2.45, 2.75) is 55.8 Å². The third-order valence-electron chi connectivity index (χ3n) is 3.21. The molecular weight excluding hydrogens is 284 g/mol. The summed E-state index contributed by atoms with van der Waals surface area (Å²) in [6.45, 7) is 9.38. The molecule has 3 saturated heterocycles. The highest BCUT2D eigenvalue weighted by Crippen LogP contribution is 2.81. The normalized spacial score (nSPS) is 67.4. The van der Waals surface area contributed by atoms with Crippen molar-refractivity contribution >= 4 is 58.6 Å². The molecule has 0 aromatic heterocycles. The number of hydrogen-bond donors (Lipinski definition) is 0. The molecule has 0 amide bonds. The van der Waals surface area contributed by atoms with E-state index < -0.39 is 0 Å². The van der Waals surface area contributed by atoms with Crippen LogP contribution in [0.15, 0.2) is 0 Å². The Labute approximate surface area is 114 Å². The number of hydrogen-bond acceptors (Lipinski definition) is 4. The van der Waals surface area contributed by atoms with Crippen LogP contribution in [0.5, 0.6) is 0 Å². The molecule has 3 bridgehead atoms. The fourth-order valence-corrected chi connectivity index (χ4v) is 15.4. The van der Waals surface area contributed by atoms with E-state index >= 15 is 0 Å². The minimum absolute atomic E-state index is 0.0966. The van der Waals surface area contributed by atoms with Gasteiger partial charge in [-0.3, -0.25) is 0 Å². The molecule has 0 nitrogen and oxygen atoms in total. The number of rotatable bonds is 0. The monoisotopic (exact) mass is 298 g/mol. The summed E-state index contributed by atoms with van der Waals surface area (Å²) in [5.41, 5.74) is 0. The lowest BCUT2D eigenvalue weighted by atomic mass is 10.2. The first kappa shape index (κ1) is 11.8. The van der Waals surface area contributed by atoms with Crippen LogP contribution in [0.1, 0.15) is 34.1 Å². The summed E-state index contributed by atoms with van der Waals surface area (Å²) in [4.78, 5) is 0. The van der Waals surface area contributed by atoms with Gasteiger partial charge in [0.25, 0.3) is 0 Å². The van der Waals surface area contributed by atoms with Crippen molar-refractivity contribution in [3.05, 3.63) is 0 Å². The second kappa shape index (κ2) is 2.98. The Balaban J connectivity index is 2.13. The van der Waals surface area contributed by atoms with E-state index in [4.69, 9.17) is 11.6 Å². The van der Waals surface area contributed by atoms with Gasteiger partial charge in [0.15, 0.2) is 0 Å². The Morgan fingerprint density at radius 1 is 1.00 bits per heavy atom. The largest absolute Gasteiger partial charge is 0.136 e. The Morgan fingerprint density at radius 3 is 2.27 bits per heavy atom. The van der Waals surface area contributed by atoms with Crippen LogP contribution in [0.4, 0.5) is 0 Å². The molecule has 0 aromatic carbocycles. The third-order valence-corrected chi connectivity index (χ3v) is 11.2. The molecule has 5 atom stereocenters. The van der Waals surface area contributed by atoms with Crippen LogP contribution in [0.25, 0.3) is 0 Å². The van der Waals surface area contributed by atoms with Crippen LogP contribution < -0.4 is 0 Å². The molecule has 0 saturated carbocycles. The van der Waals surface area contributed by atoms with Crippen molar-refractivity contribution in [2.24, 2.45) is 0 Å². The number of halogens is 1. The molecule has 0 spiro atoms. The van der Waals surface area contributed by atoms with Crippen molar-refractivity contribution in [3.8, 4) is 0 Å². The van der Waals surface area contributed by atoms with E-state index in [2.05, 4.69) is 63.0 Å². The molecule has 3 heterocycles. The van der Waals surface area contributed by atoms with E-state index in [0.717, 1.165) is 0 Å². The summed E-state index contributed by atoms with van der Waals surface area (Å²) < 4.78 is 0.916. The third kappa shape index (κ3) is 1.61. The summed E-state index contributed by atoms with van der Waals surface area (Å²) in [6, 6.07) is 0. The molecule has 15 heavy (non-hydrogen) atoms. The number of thioether (sulfide) groups is 4. The first-order chi connectivity index (χ1) is 6.67. The molecule has 0 aliphatic carbocycles. The first-order valence-electron chi connectivity index (χ1n) is 5.14. The van der Waals surface area contributed by atoms with Gasteiger partial charge in [-0.15, -0.1) is 58.6 Å². The molecule has 3 aliphatic rings. The summed E-state index contributed by atoms with van der Waals surface area (Å²) in [5.74, 6) is 0. The Hall–Kier alpha value is 1.69. The standard InChI is InChI=1S/C10H15ClS4/c1-7-5-8(2)13-9(3,11)6(12-7)10(4,14-7)15-8/h6H,5H2,1-4H3. The van der Waals surface area contributed by atoms with E-state index in [1.807, 2.05) is 11.8 Å². The van der Waals surface area contributed by atoms with Gasteiger partial charge in [0.1, 0.15) is 4.21 Å². The summed E-state index contributed by atoms with van der Waals surface area (Å²) >= 11 is 15.2. The van der Waals surface area contributed by atoms with E-state index in [0.29, 0.717) is 17.5 Å². The molecule has 5 heteroatoms. The highest BCUT2D eigenvalue weighted by atomic mass is 35.5. The molecule has 86 valence electrons. The van der Waals surface area contributed by atoms with Gasteiger partial charge < -0.3 is 0 Å². The summed E-state index contributed by atoms with van der Waals surface area (Å²) in [7, 11) is 0. The van der Waals surface area contributed by atoms with Gasteiger partial charge in [0.05, 0.1) is 17.5 Å². The topological polar surface area (TPSA) is 0 Å². The molecule has 0 N–H and O–H groups in total. The summed E-state index contributed by atoms with van der Waals surface area (Å²) in [6.07, 6.45) is 1.26. The SMILES string of the molecule is CC12CC3(C)SC(C)(Cl)C(S1)C(C)(S2)S3. The fourth-order valence-electron chi connectivity index (χ4n) is 3.17. The maximum Gasteiger partial charge on any atom is 0.102 e. The van der Waals surface area contributed by atoms with Crippen molar-refractivity contribution in [1.29, 1.82) is 0 Å². The van der Waals surface area contributed by atoms with Crippen LogP contribution in [0.2, 0.25) is 0 Å². The van der Waals surface area contributed by atoms with E-state index in [-0.39, 0.29) is 4.21 Å². The molecule has 3 rings (SSSR count). The van der Waals surface area contributed by atoms with Gasteiger partial charge in [-0.1, -0.05) is 0 Å². The van der Waals surface area contributed by atoms with Gasteiger partial charge in [-0.2, -0.15) is 0 Å². The lowest BCUT2D eigenvalue weighted by molar-refractivity contribution is 0.668. The molecular formula is C10H15ClS4. The van der Waals surface area contributed by atoms with Crippen molar-refractivity contribution in [2.75, 3.05) is 0 Å². The minimum Gasteiger partial charge on any atom is -0.136 e. The van der Waals surface area contributed by atoms with E-state index in [1.54, 1.807) is 0 Å². The Kier molecular flexibility index (Phi) is 2.34.